The van der Waals surface area contributed by atoms with Crippen LogP contribution in [0.25, 0.3) is 5.69 Å². The van der Waals surface area contributed by atoms with Crippen LogP contribution in [-0.4, -0.2) is 9.55 Å². The molecule has 0 unspecified atom stereocenters. The molecule has 0 aliphatic carbocycles. The van der Waals surface area contributed by atoms with Crippen LogP contribution in [-0.2, 0) is 6.54 Å². The molecule has 16 heavy (non-hydrogen) atoms. The lowest BCUT2D eigenvalue weighted by molar-refractivity contribution is 0.615. The highest BCUT2D eigenvalue weighted by Crippen LogP contribution is 2.14. The van der Waals surface area contributed by atoms with E-state index in [1.165, 1.54) is 6.07 Å². The molecule has 0 fully saturated rings. The third-order valence-electron chi connectivity index (χ3n) is 2.03. The summed E-state index contributed by atoms with van der Waals surface area (Å²) < 4.78 is 15.1. The van der Waals surface area contributed by atoms with Crippen LogP contribution in [0.2, 0.25) is 0 Å². The largest absolute Gasteiger partial charge is 0.326 e. The molecule has 6 heteroatoms. The summed E-state index contributed by atoms with van der Waals surface area (Å²) in [4.78, 5) is 3.85. The van der Waals surface area contributed by atoms with Crippen LogP contribution < -0.4 is 5.73 Å². The fourth-order valence-electron chi connectivity index (χ4n) is 1.29. The lowest BCUT2D eigenvalue weighted by Crippen LogP contribution is -2.00. The Balaban J connectivity index is 0.00000112. The van der Waals surface area contributed by atoms with Crippen LogP contribution in [0.15, 0.2) is 36.9 Å². The number of halogens is 3. The molecule has 0 aliphatic heterocycles. The molecule has 2 aromatic rings. The normalized spacial score (nSPS) is 9.12. The Kier molecular flexibility index (Phi) is 6.03. The summed E-state index contributed by atoms with van der Waals surface area (Å²) >= 11 is 0. The average Bonchev–Trinajstić information content (AvgIpc) is 2.70. The van der Waals surface area contributed by atoms with Gasteiger partial charge in [0.05, 0.1) is 12.0 Å². The van der Waals surface area contributed by atoms with Gasteiger partial charge in [0.2, 0.25) is 0 Å². The Morgan fingerprint density at radius 2 is 2.06 bits per heavy atom. The molecule has 1 aromatic heterocycles. The molecule has 0 radical (unpaired) electrons. The number of rotatable bonds is 2. The first-order valence-corrected chi connectivity index (χ1v) is 4.28. The van der Waals surface area contributed by atoms with E-state index in [1.807, 2.05) is 0 Å². The fourth-order valence-corrected chi connectivity index (χ4v) is 1.29. The van der Waals surface area contributed by atoms with E-state index in [0.29, 0.717) is 12.2 Å². The van der Waals surface area contributed by atoms with Crippen molar-refractivity contribution in [3.63, 3.8) is 0 Å². The second-order valence-electron chi connectivity index (χ2n) is 2.96. The van der Waals surface area contributed by atoms with Gasteiger partial charge in [0.15, 0.2) is 0 Å². The van der Waals surface area contributed by atoms with Crippen molar-refractivity contribution in [3.05, 3.63) is 48.3 Å². The minimum Gasteiger partial charge on any atom is -0.326 e. The molecule has 2 rings (SSSR count). The summed E-state index contributed by atoms with van der Waals surface area (Å²) in [6.07, 6.45) is 4.86. The van der Waals surface area contributed by atoms with Gasteiger partial charge in [-0.3, -0.25) is 0 Å². The number of nitrogens with two attached hydrogens (primary N) is 1. The first-order chi connectivity index (χ1) is 6.81. The fraction of sp³-hybridized carbons (Fsp3) is 0.100. The van der Waals surface area contributed by atoms with E-state index in [4.69, 9.17) is 5.73 Å². The standard InChI is InChI=1S/C10H10FN3.2ClH/c11-9-5-8(6-12)1-2-10(9)14-4-3-13-7-14;;/h1-5,7H,6,12H2;2*1H. The molecule has 0 aliphatic rings. The molecular weight excluding hydrogens is 252 g/mol. The van der Waals surface area contributed by atoms with E-state index >= 15 is 0 Å². The van der Waals surface area contributed by atoms with Gasteiger partial charge in [0.25, 0.3) is 0 Å². The molecule has 1 aromatic carbocycles. The van der Waals surface area contributed by atoms with E-state index in [-0.39, 0.29) is 30.6 Å². The summed E-state index contributed by atoms with van der Waals surface area (Å²) in [7, 11) is 0. The minimum atomic E-state index is -0.286. The maximum atomic E-state index is 13.5. The van der Waals surface area contributed by atoms with Crippen molar-refractivity contribution in [2.75, 3.05) is 0 Å². The first-order valence-electron chi connectivity index (χ1n) is 4.28. The SMILES string of the molecule is Cl.Cl.NCc1ccc(-n2ccnc2)c(F)c1. The van der Waals surface area contributed by atoms with Gasteiger partial charge in [0.1, 0.15) is 5.82 Å². The van der Waals surface area contributed by atoms with Gasteiger partial charge < -0.3 is 10.3 Å². The summed E-state index contributed by atoms with van der Waals surface area (Å²) in [5, 5.41) is 0. The molecule has 2 N–H and O–H groups in total. The Labute approximate surface area is 105 Å². The summed E-state index contributed by atoms with van der Waals surface area (Å²) in [5.41, 5.74) is 6.67. The number of nitrogens with zero attached hydrogens (tertiary/aromatic N) is 2. The van der Waals surface area contributed by atoms with Crippen LogP contribution in [0.5, 0.6) is 0 Å². The highest BCUT2D eigenvalue weighted by molar-refractivity contribution is 5.85. The van der Waals surface area contributed by atoms with Crippen molar-refractivity contribution < 1.29 is 4.39 Å². The summed E-state index contributed by atoms with van der Waals surface area (Å²) in [5.74, 6) is -0.286. The molecule has 0 saturated carbocycles. The van der Waals surface area contributed by atoms with Gasteiger partial charge in [-0.05, 0) is 17.7 Å². The van der Waals surface area contributed by atoms with Gasteiger partial charge in [-0.1, -0.05) is 6.07 Å². The Morgan fingerprint density at radius 1 is 1.31 bits per heavy atom. The highest BCUT2D eigenvalue weighted by atomic mass is 35.5. The lowest BCUT2D eigenvalue weighted by atomic mass is 10.2. The third kappa shape index (κ3) is 2.95. The number of imidazole rings is 1. The van der Waals surface area contributed by atoms with Crippen molar-refractivity contribution >= 4 is 24.8 Å². The zero-order valence-electron chi connectivity index (χ0n) is 8.34. The predicted octanol–water partition coefficient (Wildman–Crippen LogP) is 2.31. The zero-order valence-corrected chi connectivity index (χ0v) is 9.97. The van der Waals surface area contributed by atoms with Crippen LogP contribution in [0.4, 0.5) is 4.39 Å². The van der Waals surface area contributed by atoms with E-state index in [0.717, 1.165) is 5.56 Å². The predicted molar refractivity (Wildman–Crippen MR) is 65.9 cm³/mol. The smallest absolute Gasteiger partial charge is 0.147 e. The van der Waals surface area contributed by atoms with Crippen LogP contribution >= 0.6 is 24.8 Å². The molecule has 0 bridgehead atoms. The first kappa shape index (κ1) is 14.9. The molecule has 1 heterocycles. The van der Waals surface area contributed by atoms with Crippen molar-refractivity contribution in [2.45, 2.75) is 6.54 Å². The van der Waals surface area contributed by atoms with Crippen LogP contribution in [0.1, 0.15) is 5.56 Å². The highest BCUT2D eigenvalue weighted by Gasteiger charge is 2.03. The van der Waals surface area contributed by atoms with Crippen molar-refractivity contribution in [1.29, 1.82) is 0 Å². The summed E-state index contributed by atoms with van der Waals surface area (Å²) in [6.45, 7) is 0.348. The monoisotopic (exact) mass is 263 g/mol. The maximum absolute atomic E-state index is 13.5. The van der Waals surface area contributed by atoms with Crippen LogP contribution in [0.3, 0.4) is 0 Å². The third-order valence-corrected chi connectivity index (χ3v) is 2.03. The second-order valence-corrected chi connectivity index (χ2v) is 2.96. The minimum absolute atomic E-state index is 0. The van der Waals surface area contributed by atoms with E-state index in [1.54, 1.807) is 35.4 Å². The molecule has 0 amide bonds. The molecule has 88 valence electrons. The Bertz CT molecular complexity index is 432. The van der Waals surface area contributed by atoms with Gasteiger partial charge >= 0.3 is 0 Å². The zero-order chi connectivity index (χ0) is 9.97. The number of aromatic nitrogens is 2. The van der Waals surface area contributed by atoms with E-state index in [2.05, 4.69) is 4.98 Å². The quantitative estimate of drug-likeness (QED) is 0.904. The Hall–Kier alpha value is -1.10. The van der Waals surface area contributed by atoms with E-state index < -0.39 is 0 Å². The number of benzene rings is 1. The number of hydrogen-bond donors (Lipinski definition) is 1. The van der Waals surface area contributed by atoms with Gasteiger partial charge in [-0.25, -0.2) is 9.37 Å². The van der Waals surface area contributed by atoms with Crippen LogP contribution in [0, 0.1) is 5.82 Å². The second kappa shape index (κ2) is 6.48. The molecule has 3 nitrogen and oxygen atoms in total. The van der Waals surface area contributed by atoms with Gasteiger partial charge in [-0.2, -0.15) is 0 Å². The Morgan fingerprint density at radius 3 is 2.56 bits per heavy atom. The maximum Gasteiger partial charge on any atom is 0.147 e. The van der Waals surface area contributed by atoms with E-state index in [9.17, 15) is 4.39 Å². The van der Waals surface area contributed by atoms with Gasteiger partial charge in [0, 0.05) is 18.9 Å². The van der Waals surface area contributed by atoms with Crippen molar-refractivity contribution in [1.82, 2.24) is 9.55 Å². The van der Waals surface area contributed by atoms with Crippen molar-refractivity contribution in [2.24, 2.45) is 5.73 Å². The molecule has 0 spiro atoms. The molecule has 0 atom stereocenters. The molecule has 0 saturated heterocycles. The molecular formula is C10H12Cl2FN3. The van der Waals surface area contributed by atoms with Gasteiger partial charge in [-0.15, -0.1) is 24.8 Å². The number of hydrogen-bond acceptors (Lipinski definition) is 2. The average molecular weight is 264 g/mol. The lowest BCUT2D eigenvalue weighted by Gasteiger charge is -2.04. The summed E-state index contributed by atoms with van der Waals surface area (Å²) in [6, 6.07) is 4.94. The van der Waals surface area contributed by atoms with Crippen molar-refractivity contribution in [3.8, 4) is 5.69 Å². The topological polar surface area (TPSA) is 43.8 Å².